The van der Waals surface area contributed by atoms with Gasteiger partial charge in [-0.2, -0.15) is 10.5 Å². The fourth-order valence-corrected chi connectivity index (χ4v) is 1.76. The Bertz CT molecular complexity index is 367. The van der Waals surface area contributed by atoms with Crippen molar-refractivity contribution in [1.29, 1.82) is 10.5 Å². The smallest absolute Gasteiger partial charge is 0.156 e. The lowest BCUT2D eigenvalue weighted by atomic mass is 9.83. The second-order valence-corrected chi connectivity index (χ2v) is 3.91. The fraction of sp³-hybridized carbons (Fsp3) is 0.200. The van der Waals surface area contributed by atoms with E-state index in [1.54, 1.807) is 18.2 Å². The molecule has 2 atom stereocenters. The average Bonchev–Trinajstić information content (AvgIpc) is 2.18. The predicted molar refractivity (Wildman–Crippen MR) is 53.8 cm³/mol. The maximum atomic E-state index is 8.98. The van der Waals surface area contributed by atoms with Crippen molar-refractivity contribution in [2.24, 2.45) is 5.92 Å². The lowest BCUT2D eigenvalue weighted by Gasteiger charge is -2.26. The second kappa shape index (κ2) is 3.60. The molecule has 64 valence electrons. The lowest BCUT2D eigenvalue weighted by molar-refractivity contribution is 0.722. The number of allylic oxidation sites excluding steroid dienone is 5. The number of nitrogens with zero attached hydrogens (tertiary/aromatic N) is 2. The fourth-order valence-electron chi connectivity index (χ4n) is 1.20. The Morgan fingerprint density at radius 1 is 1.62 bits per heavy atom. The van der Waals surface area contributed by atoms with Crippen LogP contribution in [0.5, 0.6) is 0 Å². The van der Waals surface area contributed by atoms with Crippen LogP contribution >= 0.6 is 15.9 Å². The number of nitriles is 2. The standard InChI is InChI=1S/C10H7BrN2/c1-2-8-4-3-5-9(6-12)10(8,11)7-13/h2-5,8H,1H2. The highest BCUT2D eigenvalue weighted by Gasteiger charge is 2.39. The van der Waals surface area contributed by atoms with E-state index < -0.39 is 4.32 Å². The van der Waals surface area contributed by atoms with Gasteiger partial charge in [-0.25, -0.2) is 0 Å². The molecule has 0 spiro atoms. The summed E-state index contributed by atoms with van der Waals surface area (Å²) < 4.78 is -0.932. The molecular formula is C10H7BrN2. The maximum Gasteiger partial charge on any atom is 0.156 e. The number of alkyl halides is 1. The number of halogens is 1. The molecule has 0 aromatic carbocycles. The van der Waals surface area contributed by atoms with Crippen LogP contribution < -0.4 is 0 Å². The largest absolute Gasteiger partial charge is 0.196 e. The van der Waals surface area contributed by atoms with Gasteiger partial charge in [-0.15, -0.1) is 6.58 Å². The summed E-state index contributed by atoms with van der Waals surface area (Å²) in [4.78, 5) is 0. The van der Waals surface area contributed by atoms with Gasteiger partial charge in [-0.3, -0.25) is 0 Å². The van der Waals surface area contributed by atoms with E-state index in [0.717, 1.165) is 0 Å². The van der Waals surface area contributed by atoms with Gasteiger partial charge < -0.3 is 0 Å². The summed E-state index contributed by atoms with van der Waals surface area (Å²) >= 11 is 3.27. The van der Waals surface area contributed by atoms with Crippen LogP contribution in [0.25, 0.3) is 0 Å². The summed E-state index contributed by atoms with van der Waals surface area (Å²) in [7, 11) is 0. The van der Waals surface area contributed by atoms with Crippen molar-refractivity contribution in [3.63, 3.8) is 0 Å². The Balaban J connectivity index is 3.22. The summed E-state index contributed by atoms with van der Waals surface area (Å²) in [5.74, 6) is -0.155. The average molecular weight is 235 g/mol. The minimum absolute atomic E-state index is 0.155. The number of hydrogen-bond donors (Lipinski definition) is 0. The van der Waals surface area contributed by atoms with Crippen molar-refractivity contribution >= 4 is 15.9 Å². The third-order valence-electron chi connectivity index (χ3n) is 1.97. The molecule has 1 rings (SSSR count). The highest BCUT2D eigenvalue weighted by Crippen LogP contribution is 2.38. The number of hydrogen-bond acceptors (Lipinski definition) is 2. The molecule has 2 unspecified atom stereocenters. The van der Waals surface area contributed by atoms with E-state index >= 15 is 0 Å². The molecule has 0 saturated carbocycles. The molecule has 13 heavy (non-hydrogen) atoms. The molecule has 0 fully saturated rings. The van der Waals surface area contributed by atoms with Gasteiger partial charge in [0.1, 0.15) is 0 Å². The molecule has 0 aromatic rings. The van der Waals surface area contributed by atoms with Crippen LogP contribution in [-0.2, 0) is 0 Å². The zero-order valence-electron chi connectivity index (χ0n) is 6.87. The molecule has 2 nitrogen and oxygen atoms in total. The molecule has 0 aromatic heterocycles. The van der Waals surface area contributed by atoms with Crippen molar-refractivity contribution in [2.45, 2.75) is 4.32 Å². The van der Waals surface area contributed by atoms with Crippen molar-refractivity contribution < 1.29 is 0 Å². The van der Waals surface area contributed by atoms with E-state index in [0.29, 0.717) is 5.57 Å². The second-order valence-electron chi connectivity index (χ2n) is 2.66. The van der Waals surface area contributed by atoms with Crippen LogP contribution in [0.15, 0.2) is 36.5 Å². The van der Waals surface area contributed by atoms with Crippen molar-refractivity contribution in [2.75, 3.05) is 0 Å². The molecule has 1 aliphatic carbocycles. The third kappa shape index (κ3) is 1.43. The first-order valence-corrected chi connectivity index (χ1v) is 4.50. The van der Waals surface area contributed by atoms with E-state index in [-0.39, 0.29) is 5.92 Å². The first-order chi connectivity index (χ1) is 6.19. The van der Waals surface area contributed by atoms with Crippen molar-refractivity contribution in [3.05, 3.63) is 36.5 Å². The molecule has 0 aliphatic heterocycles. The van der Waals surface area contributed by atoms with Gasteiger partial charge in [0.05, 0.1) is 17.7 Å². The van der Waals surface area contributed by atoms with E-state index in [1.165, 1.54) is 0 Å². The molecule has 0 heterocycles. The van der Waals surface area contributed by atoms with E-state index in [4.69, 9.17) is 10.5 Å². The number of rotatable bonds is 1. The Morgan fingerprint density at radius 2 is 2.31 bits per heavy atom. The quantitative estimate of drug-likeness (QED) is 0.517. The molecule has 0 N–H and O–H groups in total. The molecule has 1 aliphatic rings. The van der Waals surface area contributed by atoms with Gasteiger partial charge in [0, 0.05) is 5.92 Å². The van der Waals surface area contributed by atoms with Gasteiger partial charge in [0.25, 0.3) is 0 Å². The van der Waals surface area contributed by atoms with E-state index in [1.807, 2.05) is 12.1 Å². The summed E-state index contributed by atoms with van der Waals surface area (Å²) in [6, 6.07) is 4.09. The van der Waals surface area contributed by atoms with E-state index in [9.17, 15) is 0 Å². The van der Waals surface area contributed by atoms with Crippen LogP contribution in [-0.4, -0.2) is 4.32 Å². The Kier molecular flexibility index (Phi) is 2.70. The minimum atomic E-state index is -0.932. The minimum Gasteiger partial charge on any atom is -0.196 e. The lowest BCUT2D eigenvalue weighted by Crippen LogP contribution is -2.30. The molecular weight excluding hydrogens is 228 g/mol. The molecule has 0 bridgehead atoms. The first-order valence-electron chi connectivity index (χ1n) is 3.71. The van der Waals surface area contributed by atoms with E-state index in [2.05, 4.69) is 28.6 Å². The maximum absolute atomic E-state index is 8.98. The summed E-state index contributed by atoms with van der Waals surface area (Å²) in [6.45, 7) is 3.63. The normalized spacial score (nSPS) is 31.3. The highest BCUT2D eigenvalue weighted by atomic mass is 79.9. The highest BCUT2D eigenvalue weighted by molar-refractivity contribution is 9.10. The van der Waals surface area contributed by atoms with Crippen LogP contribution in [0.4, 0.5) is 0 Å². The SMILES string of the molecule is C=CC1C=CC=C(C#N)C1(Br)C#N. The van der Waals surface area contributed by atoms with Crippen molar-refractivity contribution in [3.8, 4) is 12.1 Å². The zero-order valence-corrected chi connectivity index (χ0v) is 8.45. The van der Waals surface area contributed by atoms with Gasteiger partial charge in [-0.1, -0.05) is 34.2 Å². The van der Waals surface area contributed by atoms with Crippen LogP contribution in [0.3, 0.4) is 0 Å². The molecule has 0 saturated heterocycles. The zero-order chi connectivity index (χ0) is 9.90. The Morgan fingerprint density at radius 3 is 2.77 bits per heavy atom. The van der Waals surface area contributed by atoms with Gasteiger partial charge in [0.15, 0.2) is 4.32 Å². The third-order valence-corrected chi connectivity index (χ3v) is 3.10. The summed E-state index contributed by atoms with van der Waals surface area (Å²) in [6.07, 6.45) is 6.89. The van der Waals surface area contributed by atoms with Crippen LogP contribution in [0.2, 0.25) is 0 Å². The van der Waals surface area contributed by atoms with Crippen molar-refractivity contribution in [1.82, 2.24) is 0 Å². The summed E-state index contributed by atoms with van der Waals surface area (Å²) in [5, 5.41) is 17.8. The van der Waals surface area contributed by atoms with Gasteiger partial charge in [0.2, 0.25) is 0 Å². The predicted octanol–water partition coefficient (Wildman–Crippen LogP) is 2.47. The molecule has 3 heteroatoms. The van der Waals surface area contributed by atoms with Crippen LogP contribution in [0, 0.1) is 28.6 Å². The van der Waals surface area contributed by atoms with Gasteiger partial charge in [-0.05, 0) is 6.08 Å². The molecule has 0 radical (unpaired) electrons. The first kappa shape index (κ1) is 9.77. The molecule has 0 amide bonds. The Labute approximate surface area is 85.6 Å². The summed E-state index contributed by atoms with van der Waals surface area (Å²) in [5.41, 5.74) is 0.419. The van der Waals surface area contributed by atoms with Crippen LogP contribution in [0.1, 0.15) is 0 Å². The monoisotopic (exact) mass is 234 g/mol. The van der Waals surface area contributed by atoms with Gasteiger partial charge >= 0.3 is 0 Å². The topological polar surface area (TPSA) is 47.6 Å². The Hall–Kier alpha value is -1.32.